The molecule has 6 nitrogen and oxygen atoms in total. The molecular formula is C18H15F3N4O2S2. The highest BCUT2D eigenvalue weighted by atomic mass is 32.2. The van der Waals surface area contributed by atoms with Gasteiger partial charge in [0.1, 0.15) is 5.25 Å². The Balaban J connectivity index is 1.70. The molecular weight excluding hydrogens is 425 g/mol. The molecule has 1 saturated heterocycles. The fourth-order valence-corrected chi connectivity index (χ4v) is 4.24. The van der Waals surface area contributed by atoms with Gasteiger partial charge in [0.15, 0.2) is 5.17 Å². The van der Waals surface area contributed by atoms with Gasteiger partial charge in [0.05, 0.1) is 5.56 Å². The summed E-state index contributed by atoms with van der Waals surface area (Å²) in [7, 11) is 0. The Kier molecular flexibility index (Phi) is 6.38. The number of anilines is 1. The van der Waals surface area contributed by atoms with E-state index >= 15 is 0 Å². The van der Waals surface area contributed by atoms with E-state index in [1.54, 1.807) is 17.7 Å². The minimum atomic E-state index is -4.51. The van der Waals surface area contributed by atoms with E-state index < -0.39 is 22.9 Å². The van der Waals surface area contributed by atoms with Crippen LogP contribution in [0.1, 0.15) is 12.0 Å². The third kappa shape index (κ3) is 5.24. The standard InChI is InChI=1S/C18H15F3N4O2S2/c1-2-7-25-15(27)13(29-17(25)24-16-22-6-8-28-16)10-14(26)23-12-5-3-4-11(9-12)18(19,20)21/h2-6,8-9,13H,1,7,10H2,(H,23,26)/t13-/m1/s1. The number of thioether (sulfide) groups is 1. The Morgan fingerprint density at radius 1 is 1.41 bits per heavy atom. The van der Waals surface area contributed by atoms with Crippen molar-refractivity contribution in [3.63, 3.8) is 0 Å². The van der Waals surface area contributed by atoms with Gasteiger partial charge in [-0.2, -0.15) is 18.2 Å². The number of carbonyl (C=O) groups is 2. The number of nitrogens with one attached hydrogen (secondary N) is 1. The number of hydrogen-bond donors (Lipinski definition) is 1. The van der Waals surface area contributed by atoms with Crippen molar-refractivity contribution in [3.8, 4) is 0 Å². The van der Waals surface area contributed by atoms with Crippen LogP contribution in [0.5, 0.6) is 0 Å². The smallest absolute Gasteiger partial charge is 0.326 e. The number of carbonyl (C=O) groups excluding carboxylic acids is 2. The van der Waals surface area contributed by atoms with Crippen LogP contribution in [0.25, 0.3) is 0 Å². The van der Waals surface area contributed by atoms with Crippen LogP contribution >= 0.6 is 23.1 Å². The fourth-order valence-electron chi connectivity index (χ4n) is 2.53. The Hall–Kier alpha value is -2.66. The molecule has 3 rings (SSSR count). The number of rotatable bonds is 6. The molecule has 1 aliphatic heterocycles. The molecule has 11 heteroatoms. The molecule has 152 valence electrons. The number of aromatic nitrogens is 1. The SMILES string of the molecule is C=CCN1C(=O)[C@@H](CC(=O)Nc2cccc(C(F)(F)F)c2)SC1=Nc1nccs1. The summed E-state index contributed by atoms with van der Waals surface area (Å²) in [4.78, 5) is 34.7. The number of hydrogen-bond acceptors (Lipinski definition) is 6. The Bertz CT molecular complexity index is 945. The number of nitrogens with zero attached hydrogens (tertiary/aromatic N) is 3. The van der Waals surface area contributed by atoms with Crippen molar-refractivity contribution in [3.05, 3.63) is 54.1 Å². The molecule has 0 aliphatic carbocycles. The average Bonchev–Trinajstić information content (AvgIpc) is 3.26. The lowest BCUT2D eigenvalue weighted by Gasteiger charge is -2.13. The van der Waals surface area contributed by atoms with Crippen molar-refractivity contribution in [2.24, 2.45) is 4.99 Å². The zero-order chi connectivity index (χ0) is 21.0. The number of amidine groups is 1. The minimum Gasteiger partial charge on any atom is -0.326 e. The van der Waals surface area contributed by atoms with Gasteiger partial charge in [-0.05, 0) is 18.2 Å². The van der Waals surface area contributed by atoms with Gasteiger partial charge in [-0.15, -0.1) is 17.9 Å². The summed E-state index contributed by atoms with van der Waals surface area (Å²) in [5, 5.41) is 4.31. The van der Waals surface area contributed by atoms with E-state index in [0.29, 0.717) is 10.3 Å². The topological polar surface area (TPSA) is 74.7 Å². The van der Waals surface area contributed by atoms with E-state index in [4.69, 9.17) is 0 Å². The maximum atomic E-state index is 12.8. The second-order valence-corrected chi connectivity index (χ2v) is 7.93. The van der Waals surface area contributed by atoms with Crippen molar-refractivity contribution < 1.29 is 22.8 Å². The van der Waals surface area contributed by atoms with Crippen molar-refractivity contribution in [2.45, 2.75) is 17.8 Å². The quantitative estimate of drug-likeness (QED) is 0.680. The zero-order valence-electron chi connectivity index (χ0n) is 14.8. The number of halogens is 3. The van der Waals surface area contributed by atoms with Crippen LogP contribution in [-0.2, 0) is 15.8 Å². The van der Waals surface area contributed by atoms with Gasteiger partial charge in [0.2, 0.25) is 16.9 Å². The zero-order valence-corrected chi connectivity index (χ0v) is 16.5. The first-order chi connectivity index (χ1) is 13.8. The van der Waals surface area contributed by atoms with Crippen LogP contribution in [0.3, 0.4) is 0 Å². The molecule has 2 amide bonds. The van der Waals surface area contributed by atoms with E-state index in [2.05, 4.69) is 21.9 Å². The van der Waals surface area contributed by atoms with E-state index in [-0.39, 0.29) is 24.6 Å². The van der Waals surface area contributed by atoms with Gasteiger partial charge in [0, 0.05) is 30.2 Å². The summed E-state index contributed by atoms with van der Waals surface area (Å²) in [6.45, 7) is 3.84. The predicted molar refractivity (Wildman–Crippen MR) is 107 cm³/mol. The van der Waals surface area contributed by atoms with Crippen molar-refractivity contribution in [1.29, 1.82) is 0 Å². The first-order valence-corrected chi connectivity index (χ1v) is 10.1. The summed E-state index contributed by atoms with van der Waals surface area (Å²) in [6, 6.07) is 4.33. The maximum Gasteiger partial charge on any atom is 0.416 e. The average molecular weight is 440 g/mol. The molecule has 0 radical (unpaired) electrons. The molecule has 0 saturated carbocycles. The Morgan fingerprint density at radius 3 is 2.86 bits per heavy atom. The summed E-state index contributed by atoms with van der Waals surface area (Å²) >= 11 is 2.42. The van der Waals surface area contributed by atoms with Gasteiger partial charge < -0.3 is 5.32 Å². The molecule has 2 aromatic rings. The molecule has 0 unspecified atom stereocenters. The van der Waals surface area contributed by atoms with Crippen molar-refractivity contribution in [1.82, 2.24) is 9.88 Å². The molecule has 0 bridgehead atoms. The lowest BCUT2D eigenvalue weighted by atomic mass is 10.2. The molecule has 1 aromatic heterocycles. The Labute approximate surface area is 172 Å². The molecule has 1 aromatic carbocycles. The number of alkyl halides is 3. The van der Waals surface area contributed by atoms with E-state index in [9.17, 15) is 22.8 Å². The highest BCUT2D eigenvalue weighted by Gasteiger charge is 2.39. The van der Waals surface area contributed by atoms with Crippen molar-refractivity contribution in [2.75, 3.05) is 11.9 Å². The lowest BCUT2D eigenvalue weighted by molar-refractivity contribution is -0.137. The minimum absolute atomic E-state index is 0.0138. The number of aliphatic imine (C=N–C) groups is 1. The van der Waals surface area contributed by atoms with Crippen LogP contribution in [-0.4, -0.2) is 38.7 Å². The van der Waals surface area contributed by atoms with Crippen LogP contribution in [0, 0.1) is 0 Å². The summed E-state index contributed by atoms with van der Waals surface area (Å²) in [5.74, 6) is -0.881. The van der Waals surface area contributed by atoms with Crippen LogP contribution < -0.4 is 5.32 Å². The first-order valence-electron chi connectivity index (χ1n) is 8.32. The van der Waals surface area contributed by atoms with E-state index in [0.717, 1.165) is 23.9 Å². The van der Waals surface area contributed by atoms with Gasteiger partial charge in [-0.3, -0.25) is 14.5 Å². The molecule has 2 heterocycles. The largest absolute Gasteiger partial charge is 0.416 e. The number of benzene rings is 1. The first kappa shape index (κ1) is 21.1. The van der Waals surface area contributed by atoms with Gasteiger partial charge >= 0.3 is 6.18 Å². The third-order valence-corrected chi connectivity index (χ3v) is 5.63. The molecule has 1 fully saturated rings. The number of thiazole rings is 1. The normalized spacial score (nSPS) is 18.3. The highest BCUT2D eigenvalue weighted by molar-refractivity contribution is 8.15. The molecule has 29 heavy (non-hydrogen) atoms. The fraction of sp³-hybridized carbons (Fsp3) is 0.222. The Morgan fingerprint density at radius 2 is 2.21 bits per heavy atom. The highest BCUT2D eigenvalue weighted by Crippen LogP contribution is 2.33. The second-order valence-electron chi connectivity index (χ2n) is 5.88. The van der Waals surface area contributed by atoms with Crippen LogP contribution in [0.15, 0.2) is 53.5 Å². The van der Waals surface area contributed by atoms with Gasteiger partial charge in [-0.1, -0.05) is 23.9 Å². The summed E-state index contributed by atoms with van der Waals surface area (Å²) in [6.07, 6.45) is -1.58. The molecule has 1 atom stereocenters. The van der Waals surface area contributed by atoms with E-state index in [1.165, 1.54) is 28.4 Å². The summed E-state index contributed by atoms with van der Waals surface area (Å²) in [5.41, 5.74) is -0.850. The molecule has 0 spiro atoms. The molecule has 1 aliphatic rings. The lowest BCUT2D eigenvalue weighted by Crippen LogP contribution is -2.33. The third-order valence-electron chi connectivity index (χ3n) is 3.79. The maximum absolute atomic E-state index is 12.8. The predicted octanol–water partition coefficient (Wildman–Crippen LogP) is 4.31. The second kappa shape index (κ2) is 8.78. The van der Waals surface area contributed by atoms with Crippen LogP contribution in [0.2, 0.25) is 0 Å². The van der Waals surface area contributed by atoms with Crippen LogP contribution in [0.4, 0.5) is 24.0 Å². The molecule has 1 N–H and O–H groups in total. The number of amides is 2. The van der Waals surface area contributed by atoms with E-state index in [1.807, 2.05) is 0 Å². The van der Waals surface area contributed by atoms with Crippen molar-refractivity contribution >= 4 is 50.9 Å². The monoisotopic (exact) mass is 440 g/mol. The van der Waals surface area contributed by atoms with Gasteiger partial charge in [0.25, 0.3) is 0 Å². The summed E-state index contributed by atoms with van der Waals surface area (Å²) < 4.78 is 38.4. The van der Waals surface area contributed by atoms with Gasteiger partial charge in [-0.25, -0.2) is 4.98 Å².